The fourth-order valence-electron chi connectivity index (χ4n) is 2.35. The average molecular weight is 390 g/mol. The molecule has 0 atom stereocenters. The number of halogens is 4. The Bertz CT molecular complexity index is 873. The highest BCUT2D eigenvalue weighted by Gasteiger charge is 2.47. The Morgan fingerprint density at radius 1 is 1.42 bits per heavy atom. The number of carbonyl (C=O) groups excluding carboxylic acids is 1. The van der Waals surface area contributed by atoms with Crippen LogP contribution in [0.15, 0.2) is 24.4 Å². The van der Waals surface area contributed by atoms with E-state index in [2.05, 4.69) is 4.98 Å². The van der Waals surface area contributed by atoms with Crippen molar-refractivity contribution in [2.45, 2.75) is 19.5 Å². The number of rotatable bonds is 5. The number of nitrogens with two attached hydrogens (primary N) is 1. The average Bonchev–Trinajstić information content (AvgIpc) is 2.53. The van der Waals surface area contributed by atoms with E-state index in [0.717, 1.165) is 0 Å². The topological polar surface area (TPSA) is 108 Å². The predicted molar refractivity (Wildman–Crippen MR) is 85.3 cm³/mol. The van der Waals surface area contributed by atoms with Gasteiger partial charge in [-0.3, -0.25) is 14.9 Å². The molecule has 2 N–H and O–H groups in total. The third-order valence-electron chi connectivity index (χ3n) is 3.37. The summed E-state index contributed by atoms with van der Waals surface area (Å²) in [7, 11) is 0. The van der Waals surface area contributed by atoms with Gasteiger partial charge in [0.05, 0.1) is 15.5 Å². The van der Waals surface area contributed by atoms with Gasteiger partial charge in [0.2, 0.25) is 11.6 Å². The summed E-state index contributed by atoms with van der Waals surface area (Å²) < 4.78 is 45.8. The van der Waals surface area contributed by atoms with E-state index in [0.29, 0.717) is 0 Å². The second-order valence-corrected chi connectivity index (χ2v) is 5.34. The molecule has 0 saturated heterocycles. The monoisotopic (exact) mass is 389 g/mol. The number of pyridine rings is 1. The molecule has 0 fully saturated rings. The maximum Gasteiger partial charge on any atom is 0.423 e. The minimum absolute atomic E-state index is 0.0553. The number of alkyl halides is 3. The number of primary amides is 1. The lowest BCUT2D eigenvalue weighted by Gasteiger charge is -2.19. The van der Waals surface area contributed by atoms with Gasteiger partial charge < -0.3 is 10.5 Å². The van der Waals surface area contributed by atoms with Gasteiger partial charge in [-0.05, 0) is 12.5 Å². The van der Waals surface area contributed by atoms with Crippen molar-refractivity contribution in [3.05, 3.63) is 56.2 Å². The smallest absolute Gasteiger partial charge is 0.423 e. The van der Waals surface area contributed by atoms with E-state index in [1.807, 2.05) is 0 Å². The summed E-state index contributed by atoms with van der Waals surface area (Å²) in [5, 5.41) is 10.8. The summed E-state index contributed by atoms with van der Waals surface area (Å²) in [6, 6.07) is 4.29. The highest BCUT2D eigenvalue weighted by molar-refractivity contribution is 6.35. The van der Waals surface area contributed by atoms with Crippen LogP contribution in [0.4, 0.5) is 18.9 Å². The Morgan fingerprint density at radius 3 is 2.50 bits per heavy atom. The summed E-state index contributed by atoms with van der Waals surface area (Å²) in [5.41, 5.74) is 0.372. The van der Waals surface area contributed by atoms with Crippen molar-refractivity contribution in [2.24, 2.45) is 5.73 Å². The highest BCUT2D eigenvalue weighted by Crippen LogP contribution is 2.49. The van der Waals surface area contributed by atoms with Crippen LogP contribution in [0.5, 0.6) is 11.6 Å². The maximum atomic E-state index is 13.5. The molecular weight excluding hydrogens is 379 g/mol. The van der Waals surface area contributed by atoms with Gasteiger partial charge in [0.25, 0.3) is 5.91 Å². The van der Waals surface area contributed by atoms with Crippen molar-refractivity contribution in [3.8, 4) is 11.6 Å². The van der Waals surface area contributed by atoms with Crippen LogP contribution >= 0.6 is 11.6 Å². The molecule has 0 aliphatic heterocycles. The molecule has 0 aliphatic carbocycles. The maximum absolute atomic E-state index is 13.5. The number of hydrogen-bond acceptors (Lipinski definition) is 5. The number of nitro groups is 1. The highest BCUT2D eigenvalue weighted by atomic mass is 35.5. The van der Waals surface area contributed by atoms with Gasteiger partial charge in [0, 0.05) is 17.8 Å². The van der Waals surface area contributed by atoms with Crippen LogP contribution < -0.4 is 10.5 Å². The van der Waals surface area contributed by atoms with E-state index in [9.17, 15) is 28.1 Å². The van der Waals surface area contributed by atoms with Crippen LogP contribution in [-0.4, -0.2) is 15.8 Å². The molecule has 1 amide bonds. The molecule has 1 aromatic heterocycles. The van der Waals surface area contributed by atoms with E-state index < -0.39 is 44.6 Å². The van der Waals surface area contributed by atoms with Crippen LogP contribution in [0.25, 0.3) is 0 Å². The van der Waals surface area contributed by atoms with Gasteiger partial charge in [-0.15, -0.1) is 0 Å². The van der Waals surface area contributed by atoms with Crippen LogP contribution in [-0.2, 0) is 12.6 Å². The first-order valence-corrected chi connectivity index (χ1v) is 7.45. The van der Waals surface area contributed by atoms with Crippen molar-refractivity contribution in [3.63, 3.8) is 0 Å². The number of hydrogen-bond donors (Lipinski definition) is 1. The van der Waals surface area contributed by atoms with E-state index >= 15 is 0 Å². The molecule has 138 valence electrons. The fraction of sp³-hybridized carbons (Fsp3) is 0.200. The minimum atomic E-state index is -5.27. The summed E-state index contributed by atoms with van der Waals surface area (Å²) in [6.07, 6.45) is -4.04. The first-order chi connectivity index (χ1) is 12.1. The fourth-order valence-corrected chi connectivity index (χ4v) is 2.76. The third kappa shape index (κ3) is 3.54. The summed E-state index contributed by atoms with van der Waals surface area (Å²) in [4.78, 5) is 25.5. The minimum Gasteiger partial charge on any atom is -0.431 e. The molecule has 2 aromatic rings. The van der Waals surface area contributed by atoms with Gasteiger partial charge in [-0.1, -0.05) is 24.6 Å². The van der Waals surface area contributed by atoms with Gasteiger partial charge in [0.15, 0.2) is 5.56 Å². The largest absolute Gasteiger partial charge is 0.431 e. The number of nitrogens with zero attached hydrogens (tertiary/aromatic N) is 2. The summed E-state index contributed by atoms with van der Waals surface area (Å²) >= 11 is 5.94. The number of ether oxygens (including phenoxy) is 1. The van der Waals surface area contributed by atoms with E-state index in [-0.39, 0.29) is 17.9 Å². The lowest BCUT2D eigenvalue weighted by Crippen LogP contribution is -2.22. The zero-order valence-electron chi connectivity index (χ0n) is 13.1. The van der Waals surface area contributed by atoms with E-state index in [1.54, 1.807) is 0 Å². The van der Waals surface area contributed by atoms with Gasteiger partial charge in [-0.25, -0.2) is 4.98 Å². The molecule has 26 heavy (non-hydrogen) atoms. The molecular formula is C15H11ClF3N3O4. The lowest BCUT2D eigenvalue weighted by molar-refractivity contribution is -0.388. The lowest BCUT2D eigenvalue weighted by atomic mass is 9.97. The Labute approximate surface area is 149 Å². The van der Waals surface area contributed by atoms with Crippen molar-refractivity contribution >= 4 is 23.2 Å². The zero-order chi connectivity index (χ0) is 19.6. The second-order valence-electron chi connectivity index (χ2n) is 4.96. The van der Waals surface area contributed by atoms with Crippen molar-refractivity contribution in [2.75, 3.05) is 0 Å². The van der Waals surface area contributed by atoms with Gasteiger partial charge in [-0.2, -0.15) is 13.2 Å². The summed E-state index contributed by atoms with van der Waals surface area (Å²) in [6.45, 7) is 1.48. The Balaban J connectivity index is 2.96. The van der Waals surface area contributed by atoms with Crippen LogP contribution in [0, 0.1) is 10.1 Å². The first-order valence-electron chi connectivity index (χ1n) is 7.08. The number of amides is 1. The normalized spacial score (nSPS) is 11.3. The van der Waals surface area contributed by atoms with Crippen LogP contribution in [0.1, 0.15) is 28.4 Å². The Kier molecular flexibility index (Phi) is 5.36. The molecule has 0 radical (unpaired) electrons. The van der Waals surface area contributed by atoms with E-state index in [4.69, 9.17) is 22.1 Å². The number of nitro benzene ring substituents is 1. The standard InChI is InChI=1S/C15H11ClF3N3O4/c1-2-7-11(16)9(14(20)23)10(15(17,18)19)12(22(24)25)13(7)26-8-5-3-4-6-21-8/h3-6H,2H2,1H3,(H2,20,23). The van der Waals surface area contributed by atoms with Gasteiger partial charge in [0.1, 0.15) is 0 Å². The quantitative estimate of drug-likeness (QED) is 0.611. The molecule has 0 spiro atoms. The first kappa shape index (κ1) is 19.4. The number of carbonyl (C=O) groups is 1. The zero-order valence-corrected chi connectivity index (χ0v) is 13.9. The summed E-state index contributed by atoms with van der Waals surface area (Å²) in [5.74, 6) is -2.45. The molecule has 0 aliphatic rings. The number of aromatic nitrogens is 1. The van der Waals surface area contributed by atoms with E-state index in [1.165, 1.54) is 31.3 Å². The van der Waals surface area contributed by atoms with Crippen molar-refractivity contribution in [1.82, 2.24) is 4.98 Å². The Hall–Kier alpha value is -2.88. The molecule has 11 heteroatoms. The Morgan fingerprint density at radius 2 is 2.08 bits per heavy atom. The van der Waals surface area contributed by atoms with Crippen molar-refractivity contribution in [1.29, 1.82) is 0 Å². The van der Waals surface area contributed by atoms with Gasteiger partial charge >= 0.3 is 11.9 Å². The molecule has 0 bridgehead atoms. The number of benzene rings is 1. The molecule has 1 aromatic carbocycles. The molecule has 2 rings (SSSR count). The molecule has 0 saturated carbocycles. The molecule has 1 heterocycles. The van der Waals surface area contributed by atoms with Crippen LogP contribution in [0.3, 0.4) is 0 Å². The van der Waals surface area contributed by atoms with Crippen molar-refractivity contribution < 1.29 is 27.6 Å². The SMILES string of the molecule is CCc1c(Cl)c(C(N)=O)c(C(F)(F)F)c([N+](=O)[O-])c1Oc1ccccn1. The predicted octanol–water partition coefficient (Wildman–Crippen LogP) is 4.12. The second kappa shape index (κ2) is 7.16. The molecule has 0 unspecified atom stereocenters. The third-order valence-corrected chi connectivity index (χ3v) is 3.79. The molecule has 7 nitrogen and oxygen atoms in total. The van der Waals surface area contributed by atoms with Crippen LogP contribution in [0.2, 0.25) is 5.02 Å².